The minimum Gasteiger partial charge on any atom is -0.376 e. The normalized spacial score (nSPS) is 23.4. The van der Waals surface area contributed by atoms with Gasteiger partial charge in [-0.15, -0.1) is 0 Å². The SMILES string of the molecule is O=POCCOCC1CO1. The van der Waals surface area contributed by atoms with Crippen LogP contribution >= 0.6 is 8.69 Å². The van der Waals surface area contributed by atoms with Crippen LogP contribution in [0.3, 0.4) is 0 Å². The zero-order valence-corrected chi connectivity index (χ0v) is 6.38. The van der Waals surface area contributed by atoms with Crippen molar-refractivity contribution in [3.05, 3.63) is 0 Å². The molecule has 0 aromatic rings. The van der Waals surface area contributed by atoms with Gasteiger partial charge in [0.1, 0.15) is 6.10 Å². The lowest BCUT2D eigenvalue weighted by molar-refractivity contribution is 0.0914. The molecule has 5 heteroatoms. The summed E-state index contributed by atoms with van der Waals surface area (Å²) in [5.74, 6) is 0. The van der Waals surface area contributed by atoms with Crippen LogP contribution in [-0.4, -0.2) is 32.5 Å². The first kappa shape index (κ1) is 8.08. The molecule has 1 rings (SSSR count). The largest absolute Gasteiger partial charge is 0.376 e. The number of hydrogen-bond donors (Lipinski definition) is 0. The summed E-state index contributed by atoms with van der Waals surface area (Å²) in [6, 6.07) is 0. The Morgan fingerprint density at radius 2 is 2.40 bits per heavy atom. The summed E-state index contributed by atoms with van der Waals surface area (Å²) < 4.78 is 24.1. The molecule has 1 heterocycles. The van der Waals surface area contributed by atoms with E-state index in [9.17, 15) is 4.57 Å². The first-order valence-electron chi connectivity index (χ1n) is 3.07. The van der Waals surface area contributed by atoms with Crippen LogP contribution < -0.4 is 0 Å². The molecule has 0 bridgehead atoms. The van der Waals surface area contributed by atoms with Gasteiger partial charge in [-0.25, -0.2) is 4.57 Å². The molecule has 10 heavy (non-hydrogen) atoms. The zero-order chi connectivity index (χ0) is 7.23. The molecule has 0 amide bonds. The van der Waals surface area contributed by atoms with Gasteiger partial charge in [0.05, 0.1) is 26.4 Å². The molecule has 0 aliphatic carbocycles. The van der Waals surface area contributed by atoms with Crippen LogP contribution in [0.25, 0.3) is 0 Å². The number of ether oxygens (including phenoxy) is 2. The molecule has 0 spiro atoms. The smallest absolute Gasteiger partial charge is 0.327 e. The number of epoxide rings is 1. The minimum atomic E-state index is -0.284. The van der Waals surface area contributed by atoms with Gasteiger partial charge >= 0.3 is 8.69 Å². The molecule has 0 N–H and O–H groups in total. The lowest BCUT2D eigenvalue weighted by atomic mass is 10.5. The maximum absolute atomic E-state index is 9.71. The van der Waals surface area contributed by atoms with Crippen molar-refractivity contribution in [1.29, 1.82) is 0 Å². The molecule has 0 radical (unpaired) electrons. The highest BCUT2D eigenvalue weighted by atomic mass is 31.1. The number of hydrogen-bond acceptors (Lipinski definition) is 4. The maximum Gasteiger partial charge on any atom is 0.327 e. The lowest BCUT2D eigenvalue weighted by Gasteiger charge is -1.97. The zero-order valence-electron chi connectivity index (χ0n) is 5.49. The molecule has 1 saturated heterocycles. The Hall–Kier alpha value is -0.0200. The summed E-state index contributed by atoms with van der Waals surface area (Å²) in [4.78, 5) is 0. The van der Waals surface area contributed by atoms with Crippen molar-refractivity contribution >= 4 is 8.69 Å². The molecule has 1 aliphatic heterocycles. The van der Waals surface area contributed by atoms with Crippen LogP contribution in [0.2, 0.25) is 0 Å². The molecule has 1 aliphatic rings. The van der Waals surface area contributed by atoms with Crippen LogP contribution in [0, 0.1) is 0 Å². The van der Waals surface area contributed by atoms with Gasteiger partial charge in [-0.05, 0) is 0 Å². The van der Waals surface area contributed by atoms with Crippen molar-refractivity contribution in [2.24, 2.45) is 0 Å². The van der Waals surface area contributed by atoms with Crippen molar-refractivity contribution in [3.8, 4) is 0 Å². The fraction of sp³-hybridized carbons (Fsp3) is 1.00. The van der Waals surface area contributed by atoms with E-state index in [0.29, 0.717) is 25.9 Å². The van der Waals surface area contributed by atoms with Crippen LogP contribution in [-0.2, 0) is 18.6 Å². The van der Waals surface area contributed by atoms with Gasteiger partial charge in [-0.2, -0.15) is 0 Å². The van der Waals surface area contributed by atoms with Gasteiger partial charge in [0.15, 0.2) is 0 Å². The van der Waals surface area contributed by atoms with E-state index in [0.717, 1.165) is 6.61 Å². The Labute approximate surface area is 60.7 Å². The predicted molar refractivity (Wildman–Crippen MR) is 34.1 cm³/mol. The Balaban J connectivity index is 1.72. The summed E-state index contributed by atoms with van der Waals surface area (Å²) in [6.45, 7) is 2.28. The van der Waals surface area contributed by atoms with E-state index in [1.807, 2.05) is 0 Å². The quantitative estimate of drug-likeness (QED) is 0.328. The summed E-state index contributed by atoms with van der Waals surface area (Å²) in [5.41, 5.74) is 0. The van der Waals surface area contributed by atoms with Gasteiger partial charge < -0.3 is 9.47 Å². The van der Waals surface area contributed by atoms with Crippen molar-refractivity contribution in [1.82, 2.24) is 0 Å². The Kier molecular flexibility index (Phi) is 3.83. The molecule has 1 atom stereocenters. The molecule has 58 valence electrons. The Morgan fingerprint density at radius 3 is 3.00 bits per heavy atom. The van der Waals surface area contributed by atoms with Gasteiger partial charge in [-0.1, -0.05) is 0 Å². The second kappa shape index (κ2) is 4.74. The summed E-state index contributed by atoms with van der Waals surface area (Å²) in [5, 5.41) is 0. The van der Waals surface area contributed by atoms with Crippen molar-refractivity contribution in [3.63, 3.8) is 0 Å². The van der Waals surface area contributed by atoms with Crippen LogP contribution in [0.5, 0.6) is 0 Å². The lowest BCUT2D eigenvalue weighted by Crippen LogP contribution is -2.05. The third-order valence-electron chi connectivity index (χ3n) is 1.08. The molecule has 0 aromatic heterocycles. The maximum atomic E-state index is 9.71. The Bertz CT molecular complexity index is 104. The highest BCUT2D eigenvalue weighted by Crippen LogP contribution is 2.08. The second-order valence-corrected chi connectivity index (χ2v) is 2.35. The van der Waals surface area contributed by atoms with E-state index in [2.05, 4.69) is 4.52 Å². The van der Waals surface area contributed by atoms with Crippen molar-refractivity contribution in [2.75, 3.05) is 26.4 Å². The molecule has 0 aromatic carbocycles. The van der Waals surface area contributed by atoms with Crippen molar-refractivity contribution in [2.45, 2.75) is 6.10 Å². The molecule has 1 fully saturated rings. The van der Waals surface area contributed by atoms with Gasteiger partial charge in [0.2, 0.25) is 0 Å². The predicted octanol–water partition coefficient (Wildman–Crippen LogP) is 0.625. The van der Waals surface area contributed by atoms with Crippen LogP contribution in [0.1, 0.15) is 0 Å². The van der Waals surface area contributed by atoms with Crippen LogP contribution in [0.4, 0.5) is 0 Å². The van der Waals surface area contributed by atoms with E-state index < -0.39 is 0 Å². The highest BCUT2D eigenvalue weighted by Gasteiger charge is 2.21. The van der Waals surface area contributed by atoms with Gasteiger partial charge in [0.25, 0.3) is 0 Å². The third-order valence-corrected chi connectivity index (χ3v) is 1.37. The average Bonchev–Trinajstić information content (AvgIpc) is 2.71. The van der Waals surface area contributed by atoms with Crippen LogP contribution in [0.15, 0.2) is 0 Å². The topological polar surface area (TPSA) is 48.1 Å². The first-order valence-corrected chi connectivity index (χ1v) is 3.80. The monoisotopic (exact) mass is 164 g/mol. The third kappa shape index (κ3) is 3.90. The van der Waals surface area contributed by atoms with E-state index in [1.54, 1.807) is 0 Å². The van der Waals surface area contributed by atoms with Gasteiger partial charge in [0, 0.05) is 0 Å². The Morgan fingerprint density at radius 1 is 1.60 bits per heavy atom. The first-order chi connectivity index (χ1) is 4.93. The molecule has 1 unspecified atom stereocenters. The second-order valence-electron chi connectivity index (χ2n) is 1.94. The highest BCUT2D eigenvalue weighted by molar-refractivity contribution is 7.17. The summed E-state index contributed by atoms with van der Waals surface area (Å²) in [6.07, 6.45) is 0.296. The average molecular weight is 164 g/mol. The standard InChI is InChI=1S/C5H9O4P/c6-10-9-2-1-7-3-5-4-8-5/h5H,1-4H2. The van der Waals surface area contributed by atoms with Crippen molar-refractivity contribution < 1.29 is 18.6 Å². The van der Waals surface area contributed by atoms with Gasteiger partial charge in [-0.3, -0.25) is 4.52 Å². The summed E-state index contributed by atoms with van der Waals surface area (Å²) >= 11 is 0. The van der Waals surface area contributed by atoms with E-state index in [4.69, 9.17) is 9.47 Å². The minimum absolute atomic E-state index is 0.284. The fourth-order valence-corrected chi connectivity index (χ4v) is 0.662. The molecular weight excluding hydrogens is 155 g/mol. The van der Waals surface area contributed by atoms with E-state index in [-0.39, 0.29) is 8.69 Å². The summed E-state index contributed by atoms with van der Waals surface area (Å²) in [7, 11) is -0.284. The molecular formula is C5H9O4P. The number of rotatable bonds is 6. The molecule has 0 saturated carbocycles. The van der Waals surface area contributed by atoms with E-state index in [1.165, 1.54) is 0 Å². The van der Waals surface area contributed by atoms with E-state index >= 15 is 0 Å². The molecule has 4 nitrogen and oxygen atoms in total. The fourth-order valence-electron chi connectivity index (χ4n) is 0.513.